The van der Waals surface area contributed by atoms with Gasteiger partial charge in [0.1, 0.15) is 12.2 Å². The minimum atomic E-state index is -0.439. The van der Waals surface area contributed by atoms with Crippen LogP contribution in [-0.4, -0.2) is 49.1 Å². The maximum atomic E-state index is 13.2. The topological polar surface area (TPSA) is 111 Å². The highest BCUT2D eigenvalue weighted by Crippen LogP contribution is 2.40. The van der Waals surface area contributed by atoms with Crippen LogP contribution < -0.4 is 10.6 Å². The van der Waals surface area contributed by atoms with Gasteiger partial charge in [0.15, 0.2) is 0 Å². The highest BCUT2D eigenvalue weighted by molar-refractivity contribution is 8.76. The Balaban J connectivity index is 1.73. The van der Waals surface area contributed by atoms with Crippen molar-refractivity contribution >= 4 is 45.3 Å². The number of carbonyl (C=O) groups is 4. The van der Waals surface area contributed by atoms with E-state index < -0.39 is 12.2 Å². The Morgan fingerprint density at radius 3 is 1.17 bits per heavy atom. The van der Waals surface area contributed by atoms with Crippen molar-refractivity contribution in [2.75, 3.05) is 13.1 Å². The van der Waals surface area contributed by atoms with Crippen molar-refractivity contribution in [3.05, 3.63) is 59.7 Å². The monoisotopic (exact) mass is 784 g/mol. The molecular formula is C44H68N2O6S2. The summed E-state index contributed by atoms with van der Waals surface area (Å²) < 4.78 is 11.1. The van der Waals surface area contributed by atoms with Crippen LogP contribution in [0.2, 0.25) is 0 Å². The molecule has 0 aliphatic heterocycles. The van der Waals surface area contributed by atoms with Gasteiger partial charge >= 0.3 is 11.9 Å². The zero-order chi connectivity index (χ0) is 39.2. The van der Waals surface area contributed by atoms with Gasteiger partial charge in [-0.15, -0.1) is 0 Å². The molecule has 0 radical (unpaired) electrons. The van der Waals surface area contributed by atoms with E-state index in [1.807, 2.05) is 36.4 Å². The molecule has 0 fully saturated rings. The molecule has 8 nitrogen and oxygen atoms in total. The molecule has 0 aliphatic carbocycles. The molecule has 54 heavy (non-hydrogen) atoms. The molecule has 10 heteroatoms. The highest BCUT2D eigenvalue weighted by atomic mass is 33.1. The zero-order valence-electron chi connectivity index (χ0n) is 33.6. The van der Waals surface area contributed by atoms with E-state index >= 15 is 0 Å². The van der Waals surface area contributed by atoms with Crippen LogP contribution >= 0.6 is 21.6 Å². The van der Waals surface area contributed by atoms with Crippen molar-refractivity contribution in [3.8, 4) is 0 Å². The summed E-state index contributed by atoms with van der Waals surface area (Å²) in [6.07, 6.45) is 21.3. The number of hydrogen-bond acceptors (Lipinski definition) is 8. The quantitative estimate of drug-likeness (QED) is 0.0442. The van der Waals surface area contributed by atoms with Gasteiger partial charge in [0, 0.05) is 22.6 Å². The first-order chi connectivity index (χ1) is 26.2. The summed E-state index contributed by atoms with van der Waals surface area (Å²) in [4.78, 5) is 52.6. The third-order valence-corrected chi connectivity index (χ3v) is 11.7. The number of benzene rings is 2. The molecule has 0 bridgehead atoms. The van der Waals surface area contributed by atoms with Crippen LogP contribution in [0, 0.1) is 0 Å². The number of nitrogens with one attached hydrogen (secondary N) is 2. The lowest BCUT2D eigenvalue weighted by Gasteiger charge is -2.16. The summed E-state index contributed by atoms with van der Waals surface area (Å²) >= 11 is 0. The summed E-state index contributed by atoms with van der Waals surface area (Å²) in [6.45, 7) is 8.46. The molecule has 2 rings (SSSR count). The minimum Gasteiger partial charge on any atom is -0.461 e. The van der Waals surface area contributed by atoms with Crippen molar-refractivity contribution in [3.63, 3.8) is 0 Å². The van der Waals surface area contributed by atoms with E-state index in [0.717, 1.165) is 48.3 Å². The van der Waals surface area contributed by atoms with E-state index in [1.165, 1.54) is 98.6 Å². The number of unbranched alkanes of at least 4 members (excludes halogenated alkanes) is 16. The van der Waals surface area contributed by atoms with E-state index in [2.05, 4.69) is 24.5 Å². The molecule has 2 aromatic rings. The molecule has 0 spiro atoms. The molecule has 0 aromatic heterocycles. The molecule has 302 valence electrons. The smallest absolute Gasteiger partial charge is 0.306 e. The number of esters is 2. The van der Waals surface area contributed by atoms with E-state index in [-0.39, 0.29) is 36.8 Å². The van der Waals surface area contributed by atoms with Gasteiger partial charge in [-0.2, -0.15) is 0 Å². The lowest BCUT2D eigenvalue weighted by Crippen LogP contribution is -2.33. The largest absolute Gasteiger partial charge is 0.461 e. The number of hydrogen-bond donors (Lipinski definition) is 2. The predicted octanol–water partition coefficient (Wildman–Crippen LogP) is 11.7. The first-order valence-electron chi connectivity index (χ1n) is 20.7. The summed E-state index contributed by atoms with van der Waals surface area (Å²) in [5.41, 5.74) is 1.01. The molecule has 0 heterocycles. The lowest BCUT2D eigenvalue weighted by atomic mass is 10.1. The first-order valence-corrected chi connectivity index (χ1v) is 22.9. The van der Waals surface area contributed by atoms with Crippen molar-refractivity contribution in [2.24, 2.45) is 0 Å². The second kappa shape index (κ2) is 30.3. The van der Waals surface area contributed by atoms with Crippen molar-refractivity contribution < 1.29 is 28.7 Å². The fourth-order valence-electron chi connectivity index (χ4n) is 6.02. The van der Waals surface area contributed by atoms with Gasteiger partial charge in [-0.25, -0.2) is 0 Å². The van der Waals surface area contributed by atoms with Crippen LogP contribution in [0.4, 0.5) is 0 Å². The fourth-order valence-corrected chi connectivity index (χ4v) is 8.38. The van der Waals surface area contributed by atoms with Gasteiger partial charge in [0.05, 0.1) is 24.2 Å². The molecule has 0 saturated heterocycles. The van der Waals surface area contributed by atoms with Crippen LogP contribution in [0.3, 0.4) is 0 Å². The second-order valence-corrected chi connectivity index (χ2v) is 16.5. The van der Waals surface area contributed by atoms with E-state index in [9.17, 15) is 19.2 Å². The number of carbonyl (C=O) groups excluding carboxylic acids is 4. The fraction of sp³-hybridized carbons (Fsp3) is 0.636. The van der Waals surface area contributed by atoms with Crippen LogP contribution in [0.25, 0.3) is 0 Å². The molecular weight excluding hydrogens is 717 g/mol. The summed E-state index contributed by atoms with van der Waals surface area (Å²) in [6, 6.07) is 14.6. The van der Waals surface area contributed by atoms with Gasteiger partial charge in [0.25, 0.3) is 11.8 Å². The Labute approximate surface area is 334 Å². The Bertz CT molecular complexity index is 1250. The normalized spacial score (nSPS) is 12.1. The summed E-state index contributed by atoms with van der Waals surface area (Å²) in [5.74, 6) is -0.968. The zero-order valence-corrected chi connectivity index (χ0v) is 35.2. The van der Waals surface area contributed by atoms with E-state index in [1.54, 1.807) is 26.0 Å². The molecule has 0 aliphatic rings. The predicted molar refractivity (Wildman–Crippen MR) is 224 cm³/mol. The van der Waals surface area contributed by atoms with Crippen molar-refractivity contribution in [2.45, 2.75) is 178 Å². The summed E-state index contributed by atoms with van der Waals surface area (Å²) in [5, 5.41) is 5.81. The van der Waals surface area contributed by atoms with Gasteiger partial charge in [-0.3, -0.25) is 19.2 Å². The van der Waals surface area contributed by atoms with Crippen molar-refractivity contribution in [1.82, 2.24) is 10.6 Å². The lowest BCUT2D eigenvalue weighted by molar-refractivity contribution is -0.149. The maximum absolute atomic E-state index is 13.2. The molecule has 0 saturated carbocycles. The minimum absolute atomic E-state index is 0.213. The Kier molecular flexibility index (Phi) is 26.4. The average molecular weight is 785 g/mol. The standard InChI is InChI=1S/C44H68N2O6S2/c1-5-7-9-11-13-15-17-19-21-31-41(47)51-35(3)33-45-43(49)37-27-23-25-29-39(37)53-54-40-30-26-24-28-38(40)44(50)46-34-36(4)52-42(48)32-22-20-18-16-14-12-10-8-6-2/h23-30,35-36H,5-22,31-34H2,1-4H3,(H,45,49)(H,46,50). The van der Waals surface area contributed by atoms with Crippen LogP contribution in [0.15, 0.2) is 58.3 Å². The Morgan fingerprint density at radius 1 is 0.500 bits per heavy atom. The molecule has 2 N–H and O–H groups in total. The van der Waals surface area contributed by atoms with Crippen LogP contribution in [0.1, 0.15) is 177 Å². The first kappa shape index (κ1) is 47.2. The van der Waals surface area contributed by atoms with Gasteiger partial charge in [-0.1, -0.05) is 162 Å². The Morgan fingerprint density at radius 2 is 0.815 bits per heavy atom. The number of rotatable bonds is 31. The van der Waals surface area contributed by atoms with Crippen LogP contribution in [-0.2, 0) is 19.1 Å². The third kappa shape index (κ3) is 21.8. The molecule has 2 aromatic carbocycles. The Hall–Kier alpha value is -2.98. The van der Waals surface area contributed by atoms with Gasteiger partial charge in [-0.05, 0) is 51.0 Å². The van der Waals surface area contributed by atoms with Gasteiger partial charge < -0.3 is 20.1 Å². The molecule has 2 atom stereocenters. The third-order valence-electron chi connectivity index (χ3n) is 9.22. The molecule has 2 unspecified atom stereocenters. The maximum Gasteiger partial charge on any atom is 0.306 e. The van der Waals surface area contributed by atoms with Gasteiger partial charge in [0.2, 0.25) is 0 Å². The van der Waals surface area contributed by atoms with E-state index in [0.29, 0.717) is 24.0 Å². The number of amides is 2. The number of ether oxygens (including phenoxy) is 2. The highest BCUT2D eigenvalue weighted by Gasteiger charge is 2.18. The van der Waals surface area contributed by atoms with Crippen LogP contribution in [0.5, 0.6) is 0 Å². The SMILES string of the molecule is CCCCCCCCCCCC(=O)OC(C)CNC(=O)c1ccccc1SSc1ccccc1C(=O)NCC(C)OC(=O)CCCCCCCCCCC. The second-order valence-electron chi connectivity index (χ2n) is 14.3. The summed E-state index contributed by atoms with van der Waals surface area (Å²) in [7, 11) is 2.79. The van der Waals surface area contributed by atoms with Crippen molar-refractivity contribution in [1.29, 1.82) is 0 Å². The average Bonchev–Trinajstić information content (AvgIpc) is 3.17. The van der Waals surface area contributed by atoms with E-state index in [4.69, 9.17) is 9.47 Å². The molecule has 2 amide bonds.